The zero-order chi connectivity index (χ0) is 16.3. The van der Waals surface area contributed by atoms with Crippen molar-refractivity contribution in [2.75, 3.05) is 24.7 Å². The van der Waals surface area contributed by atoms with Gasteiger partial charge in [0.1, 0.15) is 6.04 Å². The minimum absolute atomic E-state index is 0.0175. The van der Waals surface area contributed by atoms with Crippen LogP contribution in [0.4, 0.5) is 0 Å². The van der Waals surface area contributed by atoms with E-state index in [1.165, 1.54) is 0 Å². The van der Waals surface area contributed by atoms with Crippen molar-refractivity contribution in [3.63, 3.8) is 0 Å². The zero-order valence-electron chi connectivity index (χ0n) is 13.2. The van der Waals surface area contributed by atoms with Crippen LogP contribution >= 0.6 is 11.8 Å². The minimum Gasteiger partial charge on any atom is -0.481 e. The van der Waals surface area contributed by atoms with Crippen LogP contribution in [0.3, 0.4) is 0 Å². The molecule has 2 amide bonds. The Morgan fingerprint density at radius 1 is 1.36 bits per heavy atom. The molecule has 124 valence electrons. The summed E-state index contributed by atoms with van der Waals surface area (Å²) in [4.78, 5) is 39.6. The second-order valence-corrected chi connectivity index (χ2v) is 7.36. The number of likely N-dealkylation sites (tertiary alicyclic amines) is 1. The van der Waals surface area contributed by atoms with Crippen LogP contribution in [0.2, 0.25) is 0 Å². The van der Waals surface area contributed by atoms with Crippen LogP contribution in [0, 0.1) is 5.41 Å². The van der Waals surface area contributed by atoms with E-state index in [4.69, 9.17) is 0 Å². The van der Waals surface area contributed by atoms with Crippen molar-refractivity contribution in [2.24, 2.45) is 5.41 Å². The quantitative estimate of drug-likeness (QED) is 0.844. The molecule has 6 nitrogen and oxygen atoms in total. The Bertz CT molecular complexity index is 470. The van der Waals surface area contributed by atoms with Gasteiger partial charge in [-0.3, -0.25) is 14.4 Å². The molecule has 0 aromatic carbocycles. The van der Waals surface area contributed by atoms with E-state index in [1.807, 2.05) is 6.92 Å². The lowest BCUT2D eigenvalue weighted by Crippen LogP contribution is -2.54. The first kappa shape index (κ1) is 17.1. The Kier molecular flexibility index (Phi) is 5.36. The molecule has 1 N–H and O–H groups in total. The van der Waals surface area contributed by atoms with Crippen LogP contribution in [0.15, 0.2) is 0 Å². The predicted octanol–water partition coefficient (Wildman–Crippen LogP) is 1.40. The van der Waals surface area contributed by atoms with Crippen molar-refractivity contribution in [3.05, 3.63) is 0 Å². The van der Waals surface area contributed by atoms with Crippen molar-refractivity contribution in [1.29, 1.82) is 0 Å². The number of carbonyl (C=O) groups is 3. The standard InChI is InChI=1S/C15H24N2O4S/c1-3-5-12(18)17-10-22-8-11(17)13(19)16-7-4-6-15(2,9-16)14(20)21/h11H,3-10H2,1-2H3,(H,20,21). The Morgan fingerprint density at radius 3 is 2.73 bits per heavy atom. The van der Waals surface area contributed by atoms with Gasteiger partial charge in [0.2, 0.25) is 11.8 Å². The summed E-state index contributed by atoms with van der Waals surface area (Å²) < 4.78 is 0. The summed E-state index contributed by atoms with van der Waals surface area (Å²) in [5, 5.41) is 9.37. The fourth-order valence-electron chi connectivity index (χ4n) is 3.06. The van der Waals surface area contributed by atoms with Crippen molar-refractivity contribution in [2.45, 2.75) is 45.6 Å². The van der Waals surface area contributed by atoms with Gasteiger partial charge in [-0.15, -0.1) is 11.8 Å². The third-order valence-electron chi connectivity index (χ3n) is 4.48. The van der Waals surface area contributed by atoms with Gasteiger partial charge in [-0.2, -0.15) is 0 Å². The highest BCUT2D eigenvalue weighted by Crippen LogP contribution is 2.31. The van der Waals surface area contributed by atoms with Crippen molar-refractivity contribution in [3.8, 4) is 0 Å². The van der Waals surface area contributed by atoms with Crippen molar-refractivity contribution >= 4 is 29.5 Å². The number of hydrogen-bond donors (Lipinski definition) is 1. The number of carboxylic acid groups (broad SMARTS) is 1. The molecule has 22 heavy (non-hydrogen) atoms. The molecule has 0 aromatic heterocycles. The van der Waals surface area contributed by atoms with E-state index in [0.717, 1.165) is 6.42 Å². The number of aliphatic carboxylic acids is 1. The summed E-state index contributed by atoms with van der Waals surface area (Å²) in [6.45, 7) is 4.45. The molecule has 2 fully saturated rings. The van der Waals surface area contributed by atoms with Crippen molar-refractivity contribution in [1.82, 2.24) is 9.80 Å². The van der Waals surface area contributed by atoms with E-state index in [-0.39, 0.29) is 18.4 Å². The van der Waals surface area contributed by atoms with Crippen LogP contribution in [0.1, 0.15) is 39.5 Å². The van der Waals surface area contributed by atoms with E-state index >= 15 is 0 Å². The maximum absolute atomic E-state index is 12.8. The first-order valence-corrected chi connectivity index (χ1v) is 8.94. The molecule has 2 atom stereocenters. The summed E-state index contributed by atoms with van der Waals surface area (Å²) >= 11 is 1.58. The molecule has 2 unspecified atom stereocenters. The Hall–Kier alpha value is -1.24. The zero-order valence-corrected chi connectivity index (χ0v) is 14.0. The molecule has 0 aromatic rings. The topological polar surface area (TPSA) is 77.9 Å². The predicted molar refractivity (Wildman–Crippen MR) is 84.4 cm³/mol. The second-order valence-electron chi connectivity index (χ2n) is 6.36. The molecule has 2 heterocycles. The molecule has 0 spiro atoms. The first-order valence-electron chi connectivity index (χ1n) is 7.78. The number of piperidine rings is 1. The van der Waals surface area contributed by atoms with E-state index < -0.39 is 17.4 Å². The van der Waals surface area contributed by atoms with Crippen LogP contribution in [-0.4, -0.2) is 63.5 Å². The van der Waals surface area contributed by atoms with Gasteiger partial charge < -0.3 is 14.9 Å². The maximum atomic E-state index is 12.8. The molecular weight excluding hydrogens is 304 g/mol. The van der Waals surface area contributed by atoms with E-state index in [1.54, 1.807) is 28.5 Å². The Labute approximate surface area is 135 Å². The number of rotatable bonds is 4. The summed E-state index contributed by atoms with van der Waals surface area (Å²) in [5.74, 6) is 0.226. The van der Waals surface area contributed by atoms with Gasteiger partial charge in [0.05, 0.1) is 11.3 Å². The largest absolute Gasteiger partial charge is 0.481 e. The highest BCUT2D eigenvalue weighted by molar-refractivity contribution is 7.99. The molecule has 7 heteroatoms. The fourth-order valence-corrected chi connectivity index (χ4v) is 4.24. The van der Waals surface area contributed by atoms with Gasteiger partial charge in [0.25, 0.3) is 0 Å². The number of thioether (sulfide) groups is 1. The molecule has 0 radical (unpaired) electrons. The van der Waals surface area contributed by atoms with E-state index in [0.29, 0.717) is 37.4 Å². The molecule has 0 bridgehead atoms. The van der Waals surface area contributed by atoms with Gasteiger partial charge in [-0.1, -0.05) is 6.92 Å². The minimum atomic E-state index is -0.877. The number of hydrogen-bond acceptors (Lipinski definition) is 4. The molecule has 2 saturated heterocycles. The lowest BCUT2D eigenvalue weighted by molar-refractivity contribution is -0.155. The molecular formula is C15H24N2O4S. The van der Waals surface area contributed by atoms with Crippen LogP contribution in [0.25, 0.3) is 0 Å². The number of nitrogens with zero attached hydrogens (tertiary/aromatic N) is 2. The lowest BCUT2D eigenvalue weighted by atomic mass is 9.82. The summed E-state index contributed by atoms with van der Waals surface area (Å²) in [7, 11) is 0. The molecule has 2 aliphatic heterocycles. The second kappa shape index (κ2) is 6.89. The number of carboxylic acids is 1. The van der Waals surface area contributed by atoms with Crippen LogP contribution in [0.5, 0.6) is 0 Å². The molecule has 2 aliphatic rings. The van der Waals surface area contributed by atoms with Gasteiger partial charge in [0.15, 0.2) is 0 Å². The van der Waals surface area contributed by atoms with Crippen molar-refractivity contribution < 1.29 is 19.5 Å². The van der Waals surface area contributed by atoms with Gasteiger partial charge in [0, 0.05) is 25.3 Å². The molecule has 2 rings (SSSR count). The smallest absolute Gasteiger partial charge is 0.311 e. The van der Waals surface area contributed by atoms with Gasteiger partial charge >= 0.3 is 5.97 Å². The monoisotopic (exact) mass is 328 g/mol. The molecule has 0 saturated carbocycles. The average Bonchev–Trinajstić information content (AvgIpc) is 2.96. The first-order chi connectivity index (χ1) is 10.4. The fraction of sp³-hybridized carbons (Fsp3) is 0.800. The Balaban J connectivity index is 2.07. The third kappa shape index (κ3) is 3.39. The number of carbonyl (C=O) groups excluding carboxylic acids is 2. The summed E-state index contributed by atoms with van der Waals surface area (Å²) in [5.41, 5.74) is -0.877. The van der Waals surface area contributed by atoms with E-state index in [9.17, 15) is 19.5 Å². The Morgan fingerprint density at radius 2 is 2.09 bits per heavy atom. The highest BCUT2D eigenvalue weighted by Gasteiger charge is 2.43. The SMILES string of the molecule is CCCC(=O)N1CSCC1C(=O)N1CCCC(C)(C(=O)O)C1. The maximum Gasteiger partial charge on any atom is 0.311 e. The summed E-state index contributed by atoms with van der Waals surface area (Å²) in [6.07, 6.45) is 2.50. The highest BCUT2D eigenvalue weighted by atomic mass is 32.2. The van der Waals surface area contributed by atoms with E-state index in [2.05, 4.69) is 0 Å². The third-order valence-corrected chi connectivity index (χ3v) is 5.49. The summed E-state index contributed by atoms with van der Waals surface area (Å²) in [6, 6.07) is -0.430. The number of amides is 2. The average molecular weight is 328 g/mol. The van der Waals surface area contributed by atoms with Crippen LogP contribution in [-0.2, 0) is 14.4 Å². The van der Waals surface area contributed by atoms with Gasteiger partial charge in [-0.05, 0) is 26.2 Å². The lowest BCUT2D eigenvalue weighted by Gasteiger charge is -2.39. The molecule has 0 aliphatic carbocycles. The van der Waals surface area contributed by atoms with Gasteiger partial charge in [-0.25, -0.2) is 0 Å². The normalized spacial score (nSPS) is 28.7. The van der Waals surface area contributed by atoms with Crippen LogP contribution < -0.4 is 0 Å².